The summed E-state index contributed by atoms with van der Waals surface area (Å²) in [4.78, 5) is 5.12. The number of halogens is 7. The van der Waals surface area contributed by atoms with E-state index >= 15 is 0 Å². The Labute approximate surface area is 168 Å². The normalized spacial score (nSPS) is 22.7. The average Bonchev–Trinajstić information content (AvgIpc) is 3.02. The molecule has 11 heteroatoms. The molecule has 0 bridgehead atoms. The molecule has 0 aromatic heterocycles. The Morgan fingerprint density at radius 1 is 1.23 bits per heavy atom. The molecule has 0 amide bonds. The highest BCUT2D eigenvalue weighted by Gasteiger charge is 2.67. The van der Waals surface area contributed by atoms with Crippen molar-refractivity contribution in [1.82, 2.24) is 0 Å². The summed E-state index contributed by atoms with van der Waals surface area (Å²) in [6.45, 7) is 3.95. The third kappa shape index (κ3) is 4.55. The average molecular weight is 451 g/mol. The first-order valence-electron chi connectivity index (χ1n) is 7.48. The zero-order valence-corrected chi connectivity index (χ0v) is 16.7. The summed E-state index contributed by atoms with van der Waals surface area (Å²) in [7, 11) is 0. The summed E-state index contributed by atoms with van der Waals surface area (Å²) in [5.41, 5.74) is -1.91. The van der Waals surface area contributed by atoms with Crippen molar-refractivity contribution in [3.63, 3.8) is 0 Å². The molecule has 0 aliphatic heterocycles. The van der Waals surface area contributed by atoms with Crippen LogP contribution in [0.25, 0.3) is 0 Å². The smallest absolute Gasteiger partial charge is 0.394 e. The number of hydrogen-bond donors (Lipinski definition) is 0. The minimum atomic E-state index is -4.58. The number of alkyl halides is 5. The van der Waals surface area contributed by atoms with Crippen molar-refractivity contribution in [2.75, 3.05) is 6.61 Å². The van der Waals surface area contributed by atoms with Crippen LogP contribution in [-0.2, 0) is 11.0 Å². The Morgan fingerprint density at radius 3 is 2.19 bits per heavy atom. The summed E-state index contributed by atoms with van der Waals surface area (Å²) >= 11 is 24.0. The van der Waals surface area contributed by atoms with E-state index in [1.54, 1.807) is 6.92 Å². The van der Waals surface area contributed by atoms with Crippen molar-refractivity contribution in [3.8, 4) is 0 Å². The first-order chi connectivity index (χ1) is 11.9. The zero-order valence-electron chi connectivity index (χ0n) is 13.7. The molecule has 1 aromatic rings. The molecule has 26 heavy (non-hydrogen) atoms. The molecule has 1 aliphatic rings. The van der Waals surface area contributed by atoms with E-state index in [0.717, 1.165) is 12.1 Å². The van der Waals surface area contributed by atoms with Gasteiger partial charge in [0.1, 0.15) is 16.6 Å². The third-order valence-corrected chi connectivity index (χ3v) is 5.46. The summed E-state index contributed by atoms with van der Waals surface area (Å²) in [5, 5.41) is 11.1. The first-order valence-corrected chi connectivity index (χ1v) is 9.00. The monoisotopic (exact) mass is 449 g/mol. The Balaban J connectivity index is 2.35. The Morgan fingerprint density at radius 2 is 1.77 bits per heavy atom. The molecule has 1 fully saturated rings. The van der Waals surface area contributed by atoms with E-state index < -0.39 is 21.5 Å². The fourth-order valence-corrected chi connectivity index (χ4v) is 3.26. The molecule has 1 saturated carbocycles. The van der Waals surface area contributed by atoms with E-state index in [2.05, 4.69) is 15.4 Å². The van der Waals surface area contributed by atoms with Crippen molar-refractivity contribution in [1.29, 1.82) is 0 Å². The minimum Gasteiger partial charge on any atom is -0.394 e. The molecular weight excluding hydrogens is 437 g/mol. The molecule has 144 valence electrons. The number of amidine groups is 1. The van der Waals surface area contributed by atoms with E-state index in [1.807, 2.05) is 6.92 Å². The molecule has 0 radical (unpaired) electrons. The Hall–Kier alpha value is -0.760. The largest absolute Gasteiger partial charge is 0.416 e. The van der Waals surface area contributed by atoms with Crippen LogP contribution in [0, 0.1) is 5.41 Å². The number of nitrogens with zero attached hydrogens (tertiary/aromatic N) is 3. The van der Waals surface area contributed by atoms with Crippen molar-refractivity contribution >= 4 is 57.9 Å². The quantitative estimate of drug-likeness (QED) is 0.115. The van der Waals surface area contributed by atoms with Gasteiger partial charge in [-0.15, -0.1) is 33.4 Å². The summed E-state index contributed by atoms with van der Waals surface area (Å²) < 4.78 is 37.3. The molecule has 2 rings (SSSR count). The van der Waals surface area contributed by atoms with Gasteiger partial charge in [-0.05, 0) is 31.9 Å². The number of benzene rings is 1. The number of oxime groups is 1. The van der Waals surface area contributed by atoms with Crippen LogP contribution in [-0.4, -0.2) is 16.8 Å². The van der Waals surface area contributed by atoms with Crippen LogP contribution in [0.1, 0.15) is 32.3 Å². The molecule has 1 aromatic carbocycles. The molecule has 0 N–H and O–H groups in total. The number of hydrogen-bond acceptors (Lipinski definition) is 3. The SMILES string of the molecule is CCCO/N=C(\N=Nc1c(Cl)cc(C(F)(F)F)cc1Cl)C1(C)CC1(Cl)Cl. The maximum Gasteiger partial charge on any atom is 0.416 e. The van der Waals surface area contributed by atoms with Gasteiger partial charge < -0.3 is 4.84 Å². The van der Waals surface area contributed by atoms with Crippen molar-refractivity contribution in [3.05, 3.63) is 27.7 Å². The third-order valence-electron chi connectivity index (χ3n) is 3.79. The van der Waals surface area contributed by atoms with Crippen LogP contribution < -0.4 is 0 Å². The molecule has 1 aliphatic carbocycles. The predicted molar refractivity (Wildman–Crippen MR) is 96.8 cm³/mol. The highest BCUT2D eigenvalue weighted by molar-refractivity contribution is 6.53. The van der Waals surface area contributed by atoms with Crippen LogP contribution in [0.2, 0.25) is 10.0 Å². The number of rotatable bonds is 5. The van der Waals surface area contributed by atoms with E-state index in [-0.39, 0.29) is 21.6 Å². The molecule has 1 unspecified atom stereocenters. The fourth-order valence-electron chi connectivity index (χ4n) is 1.99. The molecule has 0 heterocycles. The van der Waals surface area contributed by atoms with Crippen molar-refractivity contribution in [2.24, 2.45) is 20.8 Å². The molecule has 0 saturated heterocycles. The maximum absolute atomic E-state index is 12.8. The lowest BCUT2D eigenvalue weighted by Gasteiger charge is -2.11. The van der Waals surface area contributed by atoms with Crippen LogP contribution >= 0.6 is 46.4 Å². The van der Waals surface area contributed by atoms with Gasteiger partial charge in [-0.2, -0.15) is 13.2 Å². The fraction of sp³-hybridized carbons (Fsp3) is 0.533. The second kappa shape index (κ2) is 7.70. The minimum absolute atomic E-state index is 0.1000. The van der Waals surface area contributed by atoms with Crippen molar-refractivity contribution in [2.45, 2.75) is 37.2 Å². The molecule has 4 nitrogen and oxygen atoms in total. The second-order valence-electron chi connectivity index (χ2n) is 5.95. The van der Waals surface area contributed by atoms with Gasteiger partial charge in [-0.25, -0.2) is 0 Å². The van der Waals surface area contributed by atoms with Crippen LogP contribution in [0.3, 0.4) is 0 Å². The van der Waals surface area contributed by atoms with Crippen LogP contribution in [0.5, 0.6) is 0 Å². The molecule has 0 spiro atoms. The topological polar surface area (TPSA) is 46.3 Å². The van der Waals surface area contributed by atoms with Gasteiger partial charge in [-0.1, -0.05) is 35.3 Å². The zero-order chi connectivity index (χ0) is 19.8. The van der Waals surface area contributed by atoms with E-state index in [4.69, 9.17) is 51.2 Å². The van der Waals surface area contributed by atoms with Gasteiger partial charge >= 0.3 is 6.18 Å². The van der Waals surface area contributed by atoms with Gasteiger partial charge in [0.15, 0.2) is 5.84 Å². The predicted octanol–water partition coefficient (Wildman–Crippen LogP) is 7.42. The maximum atomic E-state index is 12.8. The van der Waals surface area contributed by atoms with E-state index in [0.29, 0.717) is 19.4 Å². The lowest BCUT2D eigenvalue weighted by atomic mass is 10.1. The summed E-state index contributed by atoms with van der Waals surface area (Å²) in [6.07, 6.45) is -3.50. The Bertz CT molecular complexity index is 729. The van der Waals surface area contributed by atoms with Crippen LogP contribution in [0.4, 0.5) is 18.9 Å². The highest BCUT2D eigenvalue weighted by Crippen LogP contribution is 2.64. The Kier molecular flexibility index (Phi) is 6.38. The highest BCUT2D eigenvalue weighted by atomic mass is 35.5. The van der Waals surface area contributed by atoms with Crippen LogP contribution in [0.15, 0.2) is 27.5 Å². The lowest BCUT2D eigenvalue weighted by molar-refractivity contribution is -0.137. The van der Waals surface area contributed by atoms with Gasteiger partial charge in [-0.3, -0.25) is 0 Å². The van der Waals surface area contributed by atoms with Gasteiger partial charge in [0.2, 0.25) is 0 Å². The van der Waals surface area contributed by atoms with Gasteiger partial charge in [0.25, 0.3) is 0 Å². The number of azo groups is 1. The van der Waals surface area contributed by atoms with E-state index in [1.165, 1.54) is 0 Å². The first kappa shape index (κ1) is 21.5. The second-order valence-corrected chi connectivity index (χ2v) is 8.25. The standard InChI is InChI=1S/C15H14Cl4F3N3O/c1-3-4-26-25-12(13(2)7-14(13,18)19)24-23-11-9(16)5-8(6-10(11)17)15(20,21)22/h5-6H,3-4,7H2,1-2H3/b24-23?,25-12-. The molecular formula is C15H14Cl4F3N3O. The van der Waals surface area contributed by atoms with Gasteiger partial charge in [0, 0.05) is 0 Å². The lowest BCUT2D eigenvalue weighted by Crippen LogP contribution is -2.16. The summed E-state index contributed by atoms with van der Waals surface area (Å²) in [6, 6.07) is 1.44. The van der Waals surface area contributed by atoms with E-state index in [9.17, 15) is 13.2 Å². The summed E-state index contributed by atoms with van der Waals surface area (Å²) in [5.74, 6) is 0.1000. The van der Waals surface area contributed by atoms with Gasteiger partial charge in [0.05, 0.1) is 21.0 Å². The molecule has 1 atom stereocenters. The van der Waals surface area contributed by atoms with Crippen molar-refractivity contribution < 1.29 is 18.0 Å².